The molecule has 4 nitrogen and oxygen atoms in total. The van der Waals surface area contributed by atoms with E-state index >= 15 is 0 Å². The first-order chi connectivity index (χ1) is 28.7. The third-order valence-corrected chi connectivity index (χ3v) is 11.4. The second-order valence-electron chi connectivity index (χ2n) is 14.7. The van der Waals surface area contributed by atoms with Crippen molar-refractivity contribution >= 4 is 66.2 Å². The quantitative estimate of drug-likeness (QED) is 0.120. The van der Waals surface area contributed by atoms with Crippen LogP contribution < -0.4 is 4.90 Å². The van der Waals surface area contributed by atoms with Crippen LogP contribution in [0.5, 0.6) is 0 Å². The minimum Gasteiger partial charge on any atom is -0.311 e. The molecular weight excluding hydrogens is 705 g/mol. The van der Waals surface area contributed by atoms with Gasteiger partial charge in [-0.25, -0.2) is 4.85 Å². The van der Waals surface area contributed by atoms with Crippen molar-refractivity contribution in [3.05, 3.63) is 218 Å². The highest BCUT2D eigenvalue weighted by Crippen LogP contribution is 2.43. The molecule has 4 heteroatoms. The third-order valence-electron chi connectivity index (χ3n) is 11.4. The maximum absolute atomic E-state index is 7.49. The van der Waals surface area contributed by atoms with Crippen LogP contribution in [0.25, 0.3) is 87.4 Å². The molecule has 0 N–H and O–H groups in total. The molecule has 0 amide bonds. The van der Waals surface area contributed by atoms with Gasteiger partial charge in [0.1, 0.15) is 0 Å². The highest BCUT2D eigenvalue weighted by molar-refractivity contribution is 6.26. The van der Waals surface area contributed by atoms with Crippen molar-refractivity contribution in [2.75, 3.05) is 4.90 Å². The Hall–Kier alpha value is -8.00. The summed E-state index contributed by atoms with van der Waals surface area (Å²) in [6, 6.07) is 70.9. The minimum atomic E-state index is 0.616. The second kappa shape index (κ2) is 13.6. The first-order valence-electron chi connectivity index (χ1n) is 19.5. The maximum atomic E-state index is 7.49. The number of nitrogens with zero attached hydrogens (tertiary/aromatic N) is 4. The van der Waals surface area contributed by atoms with Gasteiger partial charge in [-0.05, 0) is 111 Å². The zero-order valence-electron chi connectivity index (χ0n) is 31.4. The van der Waals surface area contributed by atoms with E-state index in [1.807, 2.05) is 48.7 Å². The van der Waals surface area contributed by atoms with Gasteiger partial charge >= 0.3 is 0 Å². The van der Waals surface area contributed by atoms with E-state index in [4.69, 9.17) is 6.57 Å². The van der Waals surface area contributed by atoms with Gasteiger partial charge < -0.3 is 9.47 Å². The SMILES string of the molecule is [C-]#[N+]c1ccc(N(c2ccc(-c3ccc(-c4ccc5c6c4ccc4cccc(c46)n5-c4ccccc4)cc3)cc2)c2ccc(-c3cnc4ccccc4c3)cc2)cc1. The van der Waals surface area contributed by atoms with Gasteiger partial charge in [0.15, 0.2) is 5.69 Å². The molecular formula is C54H34N4. The van der Waals surface area contributed by atoms with Crippen LogP contribution in [-0.4, -0.2) is 9.55 Å². The molecule has 0 aliphatic rings. The van der Waals surface area contributed by atoms with Gasteiger partial charge in [-0.2, -0.15) is 0 Å². The van der Waals surface area contributed by atoms with Gasteiger partial charge in [-0.1, -0.05) is 127 Å². The van der Waals surface area contributed by atoms with E-state index in [1.165, 1.54) is 49.4 Å². The standard InChI is InChI=1S/C54H34N4/c1-55-43-23-29-47(30-24-43)57(46-27-20-38(21-28-46)42-34-41-8-5-6-12-50(41)56-35-42)45-25-18-37(19-26-45)36-14-16-39(17-15-36)48-32-33-52-54-49(48)31-22-40-9-7-13-51(53(40)54)58(52)44-10-3-2-4-11-44/h2-35H. The zero-order valence-corrected chi connectivity index (χ0v) is 31.4. The van der Waals surface area contributed by atoms with Crippen LogP contribution in [0.15, 0.2) is 206 Å². The number of hydrogen-bond acceptors (Lipinski definition) is 2. The first-order valence-corrected chi connectivity index (χ1v) is 19.5. The molecule has 11 aromatic rings. The van der Waals surface area contributed by atoms with Gasteiger partial charge in [0, 0.05) is 50.7 Å². The molecule has 0 unspecified atom stereocenters. The van der Waals surface area contributed by atoms with Gasteiger partial charge in [0.2, 0.25) is 0 Å². The van der Waals surface area contributed by atoms with Crippen molar-refractivity contribution in [3.8, 4) is 39.1 Å². The van der Waals surface area contributed by atoms with Crippen LogP contribution in [0, 0.1) is 6.57 Å². The summed E-state index contributed by atoms with van der Waals surface area (Å²) in [6.45, 7) is 7.49. The maximum Gasteiger partial charge on any atom is 0.187 e. The van der Waals surface area contributed by atoms with Crippen molar-refractivity contribution in [3.63, 3.8) is 0 Å². The minimum absolute atomic E-state index is 0.616. The zero-order chi connectivity index (χ0) is 38.6. The molecule has 58 heavy (non-hydrogen) atoms. The molecule has 270 valence electrons. The molecule has 0 aliphatic carbocycles. The smallest absolute Gasteiger partial charge is 0.187 e. The first kappa shape index (κ1) is 33.3. The number of para-hydroxylation sites is 2. The van der Waals surface area contributed by atoms with Gasteiger partial charge in [0.05, 0.1) is 23.1 Å². The predicted molar refractivity (Wildman–Crippen MR) is 242 cm³/mol. The summed E-state index contributed by atoms with van der Waals surface area (Å²) in [5.41, 5.74) is 15.2. The highest BCUT2D eigenvalue weighted by atomic mass is 15.1. The van der Waals surface area contributed by atoms with Crippen LogP contribution in [0.3, 0.4) is 0 Å². The molecule has 0 aliphatic heterocycles. The van der Waals surface area contributed by atoms with Crippen LogP contribution in [-0.2, 0) is 0 Å². The number of benzene rings is 9. The Morgan fingerprint density at radius 3 is 1.74 bits per heavy atom. The number of rotatable bonds is 7. The Bertz CT molecular complexity index is 3300. The number of aromatic nitrogens is 2. The molecule has 2 heterocycles. The Morgan fingerprint density at radius 1 is 0.448 bits per heavy atom. The lowest BCUT2D eigenvalue weighted by Crippen LogP contribution is -2.09. The van der Waals surface area contributed by atoms with Crippen LogP contribution in [0.4, 0.5) is 22.7 Å². The van der Waals surface area contributed by atoms with Crippen LogP contribution in [0.2, 0.25) is 0 Å². The molecule has 9 aromatic carbocycles. The topological polar surface area (TPSA) is 25.4 Å². The lowest BCUT2D eigenvalue weighted by atomic mass is 9.93. The summed E-state index contributed by atoms with van der Waals surface area (Å²) < 4.78 is 2.39. The summed E-state index contributed by atoms with van der Waals surface area (Å²) in [5.74, 6) is 0. The lowest BCUT2D eigenvalue weighted by molar-refractivity contribution is 1.18. The molecule has 0 radical (unpaired) electrons. The largest absolute Gasteiger partial charge is 0.311 e. The Labute approximate surface area is 336 Å². The van der Waals surface area contributed by atoms with Crippen LogP contribution >= 0.6 is 0 Å². The molecule has 0 atom stereocenters. The molecule has 11 rings (SSSR count). The summed E-state index contributed by atoms with van der Waals surface area (Å²) in [7, 11) is 0. The molecule has 0 bridgehead atoms. The Morgan fingerprint density at radius 2 is 1.03 bits per heavy atom. The summed E-state index contributed by atoms with van der Waals surface area (Å²) in [5, 5.41) is 6.26. The average molecular weight is 739 g/mol. The number of hydrogen-bond donors (Lipinski definition) is 0. The third kappa shape index (κ3) is 5.57. The van der Waals surface area contributed by atoms with Gasteiger partial charge in [-0.3, -0.25) is 4.98 Å². The lowest BCUT2D eigenvalue weighted by Gasteiger charge is -2.26. The van der Waals surface area contributed by atoms with E-state index in [0.29, 0.717) is 5.69 Å². The second-order valence-corrected chi connectivity index (χ2v) is 14.7. The Kier molecular flexibility index (Phi) is 7.84. The van der Waals surface area contributed by atoms with Crippen molar-refractivity contribution in [2.45, 2.75) is 0 Å². The van der Waals surface area contributed by atoms with Crippen LogP contribution in [0.1, 0.15) is 0 Å². The van der Waals surface area contributed by atoms with Gasteiger partial charge in [-0.15, -0.1) is 0 Å². The van der Waals surface area contributed by atoms with E-state index < -0.39 is 0 Å². The van der Waals surface area contributed by atoms with E-state index in [-0.39, 0.29) is 0 Å². The highest BCUT2D eigenvalue weighted by Gasteiger charge is 2.19. The van der Waals surface area contributed by atoms with E-state index in [0.717, 1.165) is 50.2 Å². The van der Waals surface area contributed by atoms with E-state index in [9.17, 15) is 0 Å². The summed E-state index contributed by atoms with van der Waals surface area (Å²) >= 11 is 0. The summed E-state index contributed by atoms with van der Waals surface area (Å²) in [4.78, 5) is 10.5. The van der Waals surface area contributed by atoms with E-state index in [1.54, 1.807) is 0 Å². The number of anilines is 3. The average Bonchev–Trinajstić information content (AvgIpc) is 3.65. The predicted octanol–water partition coefficient (Wildman–Crippen LogP) is 14.9. The van der Waals surface area contributed by atoms with Crippen molar-refractivity contribution < 1.29 is 0 Å². The molecule has 0 fully saturated rings. The molecule has 0 saturated heterocycles. The molecule has 0 saturated carbocycles. The fourth-order valence-electron chi connectivity index (χ4n) is 8.60. The molecule has 0 spiro atoms. The normalized spacial score (nSPS) is 11.4. The van der Waals surface area contributed by atoms with Crippen molar-refractivity contribution in [1.82, 2.24) is 9.55 Å². The van der Waals surface area contributed by atoms with Crippen molar-refractivity contribution in [1.29, 1.82) is 0 Å². The monoisotopic (exact) mass is 738 g/mol. The fourth-order valence-corrected chi connectivity index (χ4v) is 8.60. The van der Waals surface area contributed by atoms with E-state index in [2.05, 4.69) is 177 Å². The van der Waals surface area contributed by atoms with Gasteiger partial charge in [0.25, 0.3) is 0 Å². The van der Waals surface area contributed by atoms with Crippen molar-refractivity contribution in [2.24, 2.45) is 0 Å². The Balaban J connectivity index is 0.921. The fraction of sp³-hybridized carbons (Fsp3) is 0. The number of fused-ring (bicyclic) bond motifs is 1. The number of pyridine rings is 1. The molecule has 2 aromatic heterocycles. The summed E-state index contributed by atoms with van der Waals surface area (Å²) in [6.07, 6.45) is 1.94.